The van der Waals surface area contributed by atoms with Crippen molar-refractivity contribution in [2.45, 2.75) is 70.0 Å². The van der Waals surface area contributed by atoms with Crippen LogP contribution < -0.4 is 10.6 Å². The van der Waals surface area contributed by atoms with E-state index in [-0.39, 0.29) is 11.2 Å². The van der Waals surface area contributed by atoms with Crippen LogP contribution in [0.15, 0.2) is 0 Å². The van der Waals surface area contributed by atoms with E-state index < -0.39 is 0 Å². The second kappa shape index (κ2) is 12.8. The molecule has 1 heterocycles. The van der Waals surface area contributed by atoms with E-state index in [1.165, 1.54) is 25.7 Å². The maximum Gasteiger partial charge on any atom is 0.233 e. The number of amides is 1. The molecule has 0 aliphatic carbocycles. The normalized spacial score (nSPS) is 20.6. The molecule has 1 rings (SSSR count). The topological polar surface area (TPSA) is 58.2 Å². The predicted molar refractivity (Wildman–Crippen MR) is 98.9 cm³/mol. The number of rotatable bonds is 13. The third-order valence-electron chi connectivity index (χ3n) is 4.42. The second-order valence-corrected chi connectivity index (χ2v) is 7.92. The summed E-state index contributed by atoms with van der Waals surface area (Å²) in [6.45, 7) is 3.54. The summed E-state index contributed by atoms with van der Waals surface area (Å²) in [6.07, 6.45) is 9.73. The summed E-state index contributed by atoms with van der Waals surface area (Å²) >= 11 is 1.82. The number of carbonyl (C=O) groups is 2. The number of hydrogen-bond donors (Lipinski definition) is 2. The molecule has 0 bridgehead atoms. The molecular formula is C18H34N2O2S. The highest BCUT2D eigenvalue weighted by molar-refractivity contribution is 8.00. The molecule has 1 amide bonds. The summed E-state index contributed by atoms with van der Waals surface area (Å²) < 4.78 is 0. The van der Waals surface area contributed by atoms with Crippen molar-refractivity contribution in [3.63, 3.8) is 0 Å². The maximum atomic E-state index is 12.1. The van der Waals surface area contributed by atoms with E-state index in [1.54, 1.807) is 6.92 Å². The van der Waals surface area contributed by atoms with Gasteiger partial charge in [0.1, 0.15) is 5.78 Å². The Bertz CT molecular complexity index is 350. The van der Waals surface area contributed by atoms with Crippen LogP contribution in [0.2, 0.25) is 0 Å². The zero-order valence-corrected chi connectivity index (χ0v) is 15.7. The third kappa shape index (κ3) is 10.0. The molecule has 1 aliphatic rings. The van der Waals surface area contributed by atoms with E-state index >= 15 is 0 Å². The first-order valence-electron chi connectivity index (χ1n) is 9.16. The van der Waals surface area contributed by atoms with E-state index in [9.17, 15) is 9.59 Å². The molecule has 1 aliphatic heterocycles. The van der Waals surface area contributed by atoms with Crippen molar-refractivity contribution in [2.75, 3.05) is 25.9 Å². The Morgan fingerprint density at radius 2 is 1.78 bits per heavy atom. The number of thioether (sulfide) groups is 1. The van der Waals surface area contributed by atoms with E-state index in [0.717, 1.165) is 50.9 Å². The number of Topliss-reactive ketones (excluding diaryl/α,β-unsaturated/α-hetero) is 1. The van der Waals surface area contributed by atoms with Gasteiger partial charge in [0, 0.05) is 13.0 Å². The average molecular weight is 343 g/mol. The molecule has 0 radical (unpaired) electrons. The average Bonchev–Trinajstić information content (AvgIpc) is 2.99. The monoisotopic (exact) mass is 342 g/mol. The summed E-state index contributed by atoms with van der Waals surface area (Å²) in [5, 5.41) is 6.39. The minimum atomic E-state index is 0.162. The molecule has 1 saturated heterocycles. The van der Waals surface area contributed by atoms with Crippen molar-refractivity contribution >= 4 is 23.5 Å². The predicted octanol–water partition coefficient (Wildman–Crippen LogP) is 3.15. The number of unbranched alkanes of at least 4 members (excludes halogenated alkanes) is 4. The van der Waals surface area contributed by atoms with Crippen LogP contribution in [0.3, 0.4) is 0 Å². The zero-order valence-electron chi connectivity index (χ0n) is 14.9. The van der Waals surface area contributed by atoms with Crippen molar-refractivity contribution < 1.29 is 9.59 Å². The van der Waals surface area contributed by atoms with Gasteiger partial charge in [-0.05, 0) is 64.3 Å². The molecule has 0 aromatic heterocycles. The van der Waals surface area contributed by atoms with Crippen LogP contribution in [0.4, 0.5) is 0 Å². The lowest BCUT2D eigenvalue weighted by molar-refractivity contribution is -0.120. The van der Waals surface area contributed by atoms with Gasteiger partial charge >= 0.3 is 0 Å². The Hall–Kier alpha value is -0.550. The number of carbonyl (C=O) groups excluding carboxylic acids is 2. The Balaban J connectivity index is 2.02. The Kier molecular flexibility index (Phi) is 11.4. The number of nitrogens with one attached hydrogen (secondary N) is 2. The fourth-order valence-corrected chi connectivity index (χ4v) is 4.44. The van der Waals surface area contributed by atoms with E-state index in [2.05, 4.69) is 10.6 Å². The summed E-state index contributed by atoms with van der Waals surface area (Å²) in [4.78, 5) is 23.0. The van der Waals surface area contributed by atoms with Crippen molar-refractivity contribution in [3.05, 3.63) is 0 Å². The van der Waals surface area contributed by atoms with Gasteiger partial charge in [0.2, 0.25) is 5.91 Å². The van der Waals surface area contributed by atoms with Crippen LogP contribution in [-0.2, 0) is 9.59 Å². The molecule has 134 valence electrons. The summed E-state index contributed by atoms with van der Waals surface area (Å²) in [6, 6.07) is 0. The van der Waals surface area contributed by atoms with Crippen LogP contribution in [-0.4, -0.2) is 42.8 Å². The highest BCUT2D eigenvalue weighted by Crippen LogP contribution is 2.34. The first-order chi connectivity index (χ1) is 11.1. The molecular weight excluding hydrogens is 308 g/mol. The van der Waals surface area contributed by atoms with Gasteiger partial charge in [-0.1, -0.05) is 19.3 Å². The standard InChI is InChI=1S/C18H34N2O2S/c1-15(21)9-5-3-6-10-16-13-17(23-14-16)18(22)20-12-8-4-7-11-19-2/h16-17,19H,3-14H2,1-2H3,(H,20,22). The van der Waals surface area contributed by atoms with Crippen molar-refractivity contribution in [1.82, 2.24) is 10.6 Å². The maximum absolute atomic E-state index is 12.1. The Morgan fingerprint density at radius 1 is 1.04 bits per heavy atom. The third-order valence-corrected chi connectivity index (χ3v) is 5.89. The zero-order chi connectivity index (χ0) is 16.9. The minimum absolute atomic E-state index is 0.162. The molecule has 0 aromatic rings. The van der Waals surface area contributed by atoms with Crippen molar-refractivity contribution in [3.8, 4) is 0 Å². The summed E-state index contributed by atoms with van der Waals surface area (Å²) in [5.74, 6) is 2.34. The van der Waals surface area contributed by atoms with Crippen LogP contribution in [0, 0.1) is 5.92 Å². The lowest BCUT2D eigenvalue weighted by Crippen LogP contribution is -2.32. The molecule has 0 aromatic carbocycles. The molecule has 1 fully saturated rings. The van der Waals surface area contributed by atoms with Crippen molar-refractivity contribution in [2.24, 2.45) is 5.92 Å². The van der Waals surface area contributed by atoms with Gasteiger partial charge < -0.3 is 15.4 Å². The fraction of sp³-hybridized carbons (Fsp3) is 0.889. The Morgan fingerprint density at radius 3 is 2.52 bits per heavy atom. The van der Waals surface area contributed by atoms with E-state index in [4.69, 9.17) is 0 Å². The molecule has 2 N–H and O–H groups in total. The molecule has 5 heteroatoms. The van der Waals surface area contributed by atoms with Crippen molar-refractivity contribution in [1.29, 1.82) is 0 Å². The number of ketones is 1. The molecule has 0 saturated carbocycles. The first-order valence-corrected chi connectivity index (χ1v) is 10.2. The molecule has 0 spiro atoms. The van der Waals surface area contributed by atoms with Gasteiger partial charge in [0.05, 0.1) is 5.25 Å². The molecule has 23 heavy (non-hydrogen) atoms. The van der Waals surface area contributed by atoms with E-state index in [1.807, 2.05) is 18.8 Å². The largest absolute Gasteiger partial charge is 0.355 e. The van der Waals surface area contributed by atoms with Gasteiger partial charge in [0.15, 0.2) is 0 Å². The molecule has 4 nitrogen and oxygen atoms in total. The highest BCUT2D eigenvalue weighted by Gasteiger charge is 2.29. The van der Waals surface area contributed by atoms with Gasteiger partial charge in [-0.15, -0.1) is 11.8 Å². The van der Waals surface area contributed by atoms with Gasteiger partial charge in [0.25, 0.3) is 0 Å². The lowest BCUT2D eigenvalue weighted by Gasteiger charge is -2.11. The van der Waals surface area contributed by atoms with Gasteiger partial charge in [-0.2, -0.15) is 0 Å². The summed E-state index contributed by atoms with van der Waals surface area (Å²) in [5.41, 5.74) is 0. The van der Waals surface area contributed by atoms with Gasteiger partial charge in [-0.25, -0.2) is 0 Å². The molecule has 2 atom stereocenters. The second-order valence-electron chi connectivity index (χ2n) is 6.68. The first kappa shape index (κ1) is 20.5. The highest BCUT2D eigenvalue weighted by atomic mass is 32.2. The van der Waals surface area contributed by atoms with Crippen LogP contribution in [0.5, 0.6) is 0 Å². The minimum Gasteiger partial charge on any atom is -0.355 e. The van der Waals surface area contributed by atoms with Crippen LogP contribution in [0.1, 0.15) is 64.7 Å². The summed E-state index contributed by atoms with van der Waals surface area (Å²) in [7, 11) is 1.97. The lowest BCUT2D eigenvalue weighted by atomic mass is 9.97. The van der Waals surface area contributed by atoms with Crippen LogP contribution >= 0.6 is 11.8 Å². The number of hydrogen-bond acceptors (Lipinski definition) is 4. The smallest absolute Gasteiger partial charge is 0.233 e. The van der Waals surface area contributed by atoms with Gasteiger partial charge in [-0.3, -0.25) is 4.79 Å². The van der Waals surface area contributed by atoms with Crippen LogP contribution in [0.25, 0.3) is 0 Å². The quantitative estimate of drug-likeness (QED) is 0.505. The fourth-order valence-electron chi connectivity index (χ4n) is 2.99. The van der Waals surface area contributed by atoms with E-state index in [0.29, 0.717) is 11.7 Å². The molecule has 2 unspecified atom stereocenters. The Labute approximate surface area is 145 Å². The SMILES string of the molecule is CNCCCCCNC(=O)C1CC(CCCCCC(C)=O)CS1.